The van der Waals surface area contributed by atoms with E-state index in [1.807, 2.05) is 6.08 Å². The van der Waals surface area contributed by atoms with Gasteiger partial charge in [-0.25, -0.2) is 0 Å². The second-order valence-corrected chi connectivity index (χ2v) is 18.6. The molecule has 1 saturated heterocycles. The zero-order valence-corrected chi connectivity index (χ0v) is 41.3. The van der Waals surface area contributed by atoms with E-state index in [-0.39, 0.29) is 12.5 Å². The molecule has 374 valence electrons. The minimum atomic E-state index is -1.57. The first-order valence-electron chi connectivity index (χ1n) is 26.9. The molecule has 9 heteroatoms. The van der Waals surface area contributed by atoms with E-state index in [1.165, 1.54) is 167 Å². The highest BCUT2D eigenvalue weighted by atomic mass is 16.7. The van der Waals surface area contributed by atoms with E-state index >= 15 is 0 Å². The van der Waals surface area contributed by atoms with Gasteiger partial charge in [-0.05, 0) is 57.8 Å². The number of amides is 1. The standard InChI is InChI=1S/C55H101NO8/c1-3-5-7-9-11-13-15-17-19-21-23-25-27-29-31-33-35-37-39-41-43-45-51(59)56-48(47-63-55-54(62)53(61)52(60)50(46-57)64-55)49(58)44-42-40-38-36-34-32-30-28-26-24-22-20-18-16-14-12-10-8-6-4-2/h5,7,11,13,34,36,42,44,48-50,52-55,57-58,60-62H,3-4,6,8-10,12,14-33,35,37-41,43,45-47H2,1-2H3,(H,56,59)/b7-5-,13-11-,36-34+,44-42+. The molecule has 1 aliphatic rings. The fraction of sp³-hybridized carbons (Fsp3) is 0.836. The highest BCUT2D eigenvalue weighted by Crippen LogP contribution is 2.23. The van der Waals surface area contributed by atoms with Crippen LogP contribution < -0.4 is 5.32 Å². The van der Waals surface area contributed by atoms with Gasteiger partial charge >= 0.3 is 0 Å². The molecule has 64 heavy (non-hydrogen) atoms. The van der Waals surface area contributed by atoms with Crippen molar-refractivity contribution in [3.05, 3.63) is 48.6 Å². The van der Waals surface area contributed by atoms with Crippen molar-refractivity contribution in [1.29, 1.82) is 0 Å². The quantitative estimate of drug-likeness (QED) is 0.0261. The van der Waals surface area contributed by atoms with Crippen LogP contribution in [-0.2, 0) is 14.3 Å². The van der Waals surface area contributed by atoms with Crippen molar-refractivity contribution in [3.8, 4) is 0 Å². The average molecular weight is 904 g/mol. The number of nitrogens with one attached hydrogen (secondary N) is 1. The zero-order valence-electron chi connectivity index (χ0n) is 41.3. The average Bonchev–Trinajstić information content (AvgIpc) is 3.29. The predicted molar refractivity (Wildman–Crippen MR) is 267 cm³/mol. The summed E-state index contributed by atoms with van der Waals surface area (Å²) < 4.78 is 11.2. The topological polar surface area (TPSA) is 149 Å². The highest BCUT2D eigenvalue weighted by Gasteiger charge is 2.44. The number of unbranched alkanes of at least 4 members (excludes halogenated alkanes) is 29. The predicted octanol–water partition coefficient (Wildman–Crippen LogP) is 12.6. The Bertz CT molecular complexity index is 1140. The molecule has 7 atom stereocenters. The second-order valence-electron chi connectivity index (χ2n) is 18.6. The molecule has 1 heterocycles. The van der Waals surface area contributed by atoms with E-state index in [2.05, 4.69) is 55.6 Å². The van der Waals surface area contributed by atoms with Gasteiger partial charge < -0.3 is 40.3 Å². The summed E-state index contributed by atoms with van der Waals surface area (Å²) in [6.45, 7) is 3.68. The number of aliphatic hydroxyl groups is 5. The summed E-state index contributed by atoms with van der Waals surface area (Å²) in [5.41, 5.74) is 0. The number of aliphatic hydroxyl groups excluding tert-OH is 5. The summed E-state index contributed by atoms with van der Waals surface area (Å²) in [4.78, 5) is 13.0. The monoisotopic (exact) mass is 904 g/mol. The molecule has 0 aliphatic carbocycles. The first-order chi connectivity index (χ1) is 31.3. The van der Waals surface area contributed by atoms with Gasteiger partial charge in [-0.15, -0.1) is 0 Å². The van der Waals surface area contributed by atoms with Gasteiger partial charge in [0.05, 0.1) is 25.4 Å². The maximum Gasteiger partial charge on any atom is 0.220 e. The molecule has 0 radical (unpaired) electrons. The highest BCUT2D eigenvalue weighted by molar-refractivity contribution is 5.76. The van der Waals surface area contributed by atoms with E-state index < -0.39 is 49.5 Å². The minimum Gasteiger partial charge on any atom is -0.394 e. The Hall–Kier alpha value is -1.85. The van der Waals surface area contributed by atoms with Crippen LogP contribution >= 0.6 is 0 Å². The Labute approximate surface area is 393 Å². The smallest absolute Gasteiger partial charge is 0.220 e. The SMILES string of the molecule is CC/C=C\C/C=C\CCCCCCCCCCCCCCCCC(=O)NC(COC1OC(CO)C(O)C(O)C1O)C(O)/C=C/CC/C=C/CCCCCCCCCCCCCCCC. The molecule has 0 spiro atoms. The molecule has 9 nitrogen and oxygen atoms in total. The van der Waals surface area contributed by atoms with Crippen LogP contribution in [0, 0.1) is 0 Å². The van der Waals surface area contributed by atoms with Gasteiger partial charge in [0, 0.05) is 6.42 Å². The van der Waals surface area contributed by atoms with Crippen LogP contribution in [-0.4, -0.2) is 87.5 Å². The van der Waals surface area contributed by atoms with E-state index in [4.69, 9.17) is 9.47 Å². The lowest BCUT2D eigenvalue weighted by molar-refractivity contribution is -0.302. The minimum absolute atomic E-state index is 0.186. The Morgan fingerprint density at radius 3 is 1.48 bits per heavy atom. The van der Waals surface area contributed by atoms with Crippen molar-refractivity contribution in [2.75, 3.05) is 13.2 Å². The van der Waals surface area contributed by atoms with Crippen LogP contribution in [0.15, 0.2) is 48.6 Å². The van der Waals surface area contributed by atoms with Gasteiger partial charge in [-0.3, -0.25) is 4.79 Å². The Kier molecular flexibility index (Phi) is 42.3. The molecule has 1 rings (SSSR count). The van der Waals surface area contributed by atoms with Crippen molar-refractivity contribution in [3.63, 3.8) is 0 Å². The van der Waals surface area contributed by atoms with Gasteiger partial charge in [0.25, 0.3) is 0 Å². The third kappa shape index (κ3) is 34.5. The third-order valence-electron chi connectivity index (χ3n) is 12.6. The molecule has 1 amide bonds. The van der Waals surface area contributed by atoms with Crippen LogP contribution in [0.3, 0.4) is 0 Å². The summed E-state index contributed by atoms with van der Waals surface area (Å²) in [6, 6.07) is -0.822. The molecule has 7 unspecified atom stereocenters. The number of ether oxygens (including phenoxy) is 2. The van der Waals surface area contributed by atoms with Gasteiger partial charge in [0.1, 0.15) is 24.4 Å². The molecular weight excluding hydrogens is 803 g/mol. The first-order valence-corrected chi connectivity index (χ1v) is 26.9. The summed E-state index contributed by atoms with van der Waals surface area (Å²) in [7, 11) is 0. The summed E-state index contributed by atoms with van der Waals surface area (Å²) in [5, 5.41) is 54.4. The van der Waals surface area contributed by atoms with E-state index in [9.17, 15) is 30.3 Å². The molecule has 1 aliphatic heterocycles. The van der Waals surface area contributed by atoms with Crippen molar-refractivity contribution in [2.45, 2.75) is 281 Å². The van der Waals surface area contributed by atoms with Crippen LogP contribution in [0.1, 0.15) is 239 Å². The number of carbonyl (C=O) groups excluding carboxylic acids is 1. The number of hydrogen-bond donors (Lipinski definition) is 6. The fourth-order valence-electron chi connectivity index (χ4n) is 8.39. The molecule has 0 aromatic carbocycles. The van der Waals surface area contributed by atoms with Gasteiger partial charge in [-0.2, -0.15) is 0 Å². The maximum absolute atomic E-state index is 13.0. The zero-order chi connectivity index (χ0) is 46.6. The fourth-order valence-corrected chi connectivity index (χ4v) is 8.39. The Morgan fingerprint density at radius 2 is 0.984 bits per heavy atom. The molecule has 0 saturated carbocycles. The van der Waals surface area contributed by atoms with E-state index in [0.717, 1.165) is 51.4 Å². The number of hydrogen-bond acceptors (Lipinski definition) is 8. The first kappa shape index (κ1) is 60.2. The maximum atomic E-state index is 13.0. The summed E-state index contributed by atoms with van der Waals surface area (Å²) in [5.74, 6) is -0.186. The van der Waals surface area contributed by atoms with Gasteiger partial charge in [-0.1, -0.05) is 223 Å². The molecule has 6 N–H and O–H groups in total. The van der Waals surface area contributed by atoms with Crippen molar-refractivity contribution in [2.24, 2.45) is 0 Å². The van der Waals surface area contributed by atoms with Gasteiger partial charge in [0.2, 0.25) is 5.91 Å². The molecule has 1 fully saturated rings. The lowest BCUT2D eigenvalue weighted by Crippen LogP contribution is -2.60. The van der Waals surface area contributed by atoms with Crippen LogP contribution in [0.4, 0.5) is 0 Å². The normalized spacial score (nSPS) is 20.4. The Balaban J connectivity index is 2.29. The summed E-state index contributed by atoms with van der Waals surface area (Å²) in [6.07, 6.45) is 51.7. The number of allylic oxidation sites excluding steroid dienone is 7. The van der Waals surface area contributed by atoms with Crippen molar-refractivity contribution >= 4 is 5.91 Å². The van der Waals surface area contributed by atoms with E-state index in [1.54, 1.807) is 6.08 Å². The number of rotatable bonds is 45. The largest absolute Gasteiger partial charge is 0.394 e. The molecule has 0 aromatic rings. The van der Waals surface area contributed by atoms with E-state index in [0.29, 0.717) is 6.42 Å². The van der Waals surface area contributed by atoms with Crippen LogP contribution in [0.2, 0.25) is 0 Å². The molecule has 0 bridgehead atoms. The van der Waals surface area contributed by atoms with Crippen molar-refractivity contribution < 1.29 is 39.8 Å². The number of carbonyl (C=O) groups is 1. The summed E-state index contributed by atoms with van der Waals surface area (Å²) >= 11 is 0. The Morgan fingerprint density at radius 1 is 0.547 bits per heavy atom. The van der Waals surface area contributed by atoms with Gasteiger partial charge in [0.15, 0.2) is 6.29 Å². The van der Waals surface area contributed by atoms with Crippen LogP contribution in [0.25, 0.3) is 0 Å². The lowest BCUT2D eigenvalue weighted by Gasteiger charge is -2.40. The third-order valence-corrected chi connectivity index (χ3v) is 12.6. The molecule has 0 aromatic heterocycles. The van der Waals surface area contributed by atoms with Crippen LogP contribution in [0.5, 0.6) is 0 Å². The lowest BCUT2D eigenvalue weighted by atomic mass is 9.99. The second kappa shape index (κ2) is 45.0. The van der Waals surface area contributed by atoms with Crippen molar-refractivity contribution in [1.82, 2.24) is 5.32 Å². The molecular formula is C55H101NO8.